The van der Waals surface area contributed by atoms with E-state index in [1.54, 1.807) is 12.4 Å². The third kappa shape index (κ3) is 5.09. The molecule has 6 heteroatoms. The highest BCUT2D eigenvalue weighted by Crippen LogP contribution is 2.24. The van der Waals surface area contributed by atoms with Crippen molar-refractivity contribution in [3.8, 4) is 0 Å². The SMILES string of the molecule is CC(C)(C)OC(=O)NCC(C)(CN)c1cncc(Br)c1. The van der Waals surface area contributed by atoms with Crippen molar-refractivity contribution in [2.45, 2.75) is 38.7 Å². The second kappa shape index (κ2) is 6.54. The van der Waals surface area contributed by atoms with Crippen molar-refractivity contribution in [2.75, 3.05) is 13.1 Å². The maximum atomic E-state index is 11.7. The molecule has 20 heavy (non-hydrogen) atoms. The fraction of sp³-hybridized carbons (Fsp3) is 0.571. The molecule has 1 unspecified atom stereocenters. The minimum absolute atomic E-state index is 0.385. The number of nitrogens with two attached hydrogens (primary N) is 1. The van der Waals surface area contributed by atoms with Gasteiger partial charge in [0.15, 0.2) is 0 Å². The number of amides is 1. The Bertz CT molecular complexity index is 474. The third-order valence-corrected chi connectivity index (χ3v) is 3.31. The van der Waals surface area contributed by atoms with Crippen LogP contribution >= 0.6 is 15.9 Å². The number of ether oxygens (including phenoxy) is 1. The van der Waals surface area contributed by atoms with Gasteiger partial charge in [0.25, 0.3) is 0 Å². The van der Waals surface area contributed by atoms with Crippen LogP contribution in [0.25, 0.3) is 0 Å². The molecule has 0 aliphatic rings. The molecule has 5 nitrogen and oxygen atoms in total. The molecule has 1 aromatic rings. The summed E-state index contributed by atoms with van der Waals surface area (Å²) < 4.78 is 6.10. The van der Waals surface area contributed by atoms with Crippen LogP contribution in [0.2, 0.25) is 0 Å². The van der Waals surface area contributed by atoms with Gasteiger partial charge in [-0.1, -0.05) is 6.92 Å². The quantitative estimate of drug-likeness (QED) is 0.880. The molecule has 0 saturated heterocycles. The predicted octanol–water partition coefficient (Wildman–Crippen LogP) is 2.59. The van der Waals surface area contributed by atoms with E-state index in [2.05, 4.69) is 26.2 Å². The molecule has 1 aromatic heterocycles. The highest BCUT2D eigenvalue weighted by molar-refractivity contribution is 9.10. The van der Waals surface area contributed by atoms with Gasteiger partial charge in [-0.3, -0.25) is 4.98 Å². The number of aromatic nitrogens is 1. The molecule has 1 rings (SSSR count). The Balaban J connectivity index is 2.74. The lowest BCUT2D eigenvalue weighted by atomic mass is 9.83. The molecule has 0 radical (unpaired) electrons. The number of carbonyl (C=O) groups is 1. The van der Waals surface area contributed by atoms with E-state index in [1.165, 1.54) is 0 Å². The monoisotopic (exact) mass is 343 g/mol. The largest absolute Gasteiger partial charge is 0.444 e. The number of carbonyl (C=O) groups excluding carboxylic acids is 1. The van der Waals surface area contributed by atoms with Gasteiger partial charge < -0.3 is 15.8 Å². The molecule has 0 aliphatic heterocycles. The minimum atomic E-state index is -0.513. The molecule has 0 saturated carbocycles. The van der Waals surface area contributed by atoms with Crippen LogP contribution in [0, 0.1) is 0 Å². The molecular weight excluding hydrogens is 322 g/mol. The zero-order valence-electron chi connectivity index (χ0n) is 12.4. The highest BCUT2D eigenvalue weighted by Gasteiger charge is 2.27. The van der Waals surface area contributed by atoms with Crippen molar-refractivity contribution in [1.82, 2.24) is 10.3 Å². The van der Waals surface area contributed by atoms with Crippen LogP contribution in [0.5, 0.6) is 0 Å². The van der Waals surface area contributed by atoms with E-state index in [1.807, 2.05) is 33.8 Å². The molecule has 112 valence electrons. The van der Waals surface area contributed by atoms with Crippen LogP contribution in [0.4, 0.5) is 4.79 Å². The number of hydrogen-bond acceptors (Lipinski definition) is 4. The molecule has 0 spiro atoms. The number of alkyl carbamates (subject to hydrolysis) is 1. The molecule has 1 heterocycles. The second-order valence-electron chi connectivity index (χ2n) is 6.01. The summed E-state index contributed by atoms with van der Waals surface area (Å²) in [5.74, 6) is 0. The third-order valence-electron chi connectivity index (χ3n) is 2.87. The van der Waals surface area contributed by atoms with Crippen molar-refractivity contribution >= 4 is 22.0 Å². The molecule has 0 aromatic carbocycles. The number of pyridine rings is 1. The average molecular weight is 344 g/mol. The summed E-state index contributed by atoms with van der Waals surface area (Å²) in [6, 6.07) is 1.95. The van der Waals surface area contributed by atoms with Crippen LogP contribution in [0.1, 0.15) is 33.3 Å². The van der Waals surface area contributed by atoms with Crippen LogP contribution in [-0.4, -0.2) is 29.8 Å². The molecular formula is C14H22BrN3O2. The Morgan fingerprint density at radius 3 is 2.55 bits per heavy atom. The fourth-order valence-corrected chi connectivity index (χ4v) is 1.98. The summed E-state index contributed by atoms with van der Waals surface area (Å²) in [6.07, 6.45) is 3.02. The van der Waals surface area contributed by atoms with Crippen molar-refractivity contribution in [3.63, 3.8) is 0 Å². The normalized spacial score (nSPS) is 14.5. The average Bonchev–Trinajstić information content (AvgIpc) is 2.34. The van der Waals surface area contributed by atoms with Crippen LogP contribution in [-0.2, 0) is 10.2 Å². The van der Waals surface area contributed by atoms with Crippen molar-refractivity contribution in [2.24, 2.45) is 5.73 Å². The molecule has 0 bridgehead atoms. The standard InChI is InChI=1S/C14H22BrN3O2/c1-13(2,3)20-12(19)18-9-14(4,8-16)10-5-11(15)7-17-6-10/h5-7H,8-9,16H2,1-4H3,(H,18,19). The molecule has 0 aliphatic carbocycles. The second-order valence-corrected chi connectivity index (χ2v) is 6.93. The lowest BCUT2D eigenvalue weighted by molar-refractivity contribution is 0.0516. The first-order chi connectivity index (χ1) is 9.16. The van der Waals surface area contributed by atoms with E-state index >= 15 is 0 Å². The summed E-state index contributed by atoms with van der Waals surface area (Å²) in [6.45, 7) is 8.23. The first kappa shape index (κ1) is 16.9. The van der Waals surface area contributed by atoms with Gasteiger partial charge in [0.2, 0.25) is 0 Å². The molecule has 1 atom stereocenters. The number of nitrogens with zero attached hydrogens (tertiary/aromatic N) is 1. The fourth-order valence-electron chi connectivity index (χ4n) is 1.62. The van der Waals surface area contributed by atoms with Gasteiger partial charge in [-0.15, -0.1) is 0 Å². The van der Waals surface area contributed by atoms with Crippen LogP contribution < -0.4 is 11.1 Å². The van der Waals surface area contributed by atoms with Gasteiger partial charge in [0, 0.05) is 35.4 Å². The van der Waals surface area contributed by atoms with E-state index in [9.17, 15) is 4.79 Å². The van der Waals surface area contributed by atoms with E-state index in [-0.39, 0.29) is 0 Å². The van der Waals surface area contributed by atoms with Gasteiger partial charge in [-0.05, 0) is 48.3 Å². The smallest absolute Gasteiger partial charge is 0.407 e. The van der Waals surface area contributed by atoms with Gasteiger partial charge in [-0.25, -0.2) is 4.79 Å². The topological polar surface area (TPSA) is 77.2 Å². The Morgan fingerprint density at radius 1 is 1.40 bits per heavy atom. The Labute approximate surface area is 128 Å². The zero-order chi connectivity index (χ0) is 15.4. The Kier molecular flexibility index (Phi) is 5.53. The molecule has 0 fully saturated rings. The van der Waals surface area contributed by atoms with Gasteiger partial charge in [-0.2, -0.15) is 0 Å². The summed E-state index contributed by atoms with van der Waals surface area (Å²) in [7, 11) is 0. The summed E-state index contributed by atoms with van der Waals surface area (Å²) in [5.41, 5.74) is 5.92. The minimum Gasteiger partial charge on any atom is -0.444 e. The van der Waals surface area contributed by atoms with Crippen LogP contribution in [0.3, 0.4) is 0 Å². The van der Waals surface area contributed by atoms with Crippen LogP contribution in [0.15, 0.2) is 22.9 Å². The zero-order valence-corrected chi connectivity index (χ0v) is 14.0. The first-order valence-corrected chi connectivity index (χ1v) is 7.23. The van der Waals surface area contributed by atoms with Crippen molar-refractivity contribution in [1.29, 1.82) is 0 Å². The van der Waals surface area contributed by atoms with E-state index in [0.717, 1.165) is 10.0 Å². The maximum absolute atomic E-state index is 11.7. The molecule has 1 amide bonds. The van der Waals surface area contributed by atoms with Gasteiger partial charge in [0.05, 0.1) is 0 Å². The number of halogens is 1. The Morgan fingerprint density at radius 2 is 2.05 bits per heavy atom. The summed E-state index contributed by atoms with van der Waals surface area (Å²) in [5, 5.41) is 2.76. The van der Waals surface area contributed by atoms with E-state index in [0.29, 0.717) is 13.1 Å². The molecule has 3 N–H and O–H groups in total. The van der Waals surface area contributed by atoms with Gasteiger partial charge >= 0.3 is 6.09 Å². The van der Waals surface area contributed by atoms with Gasteiger partial charge in [0.1, 0.15) is 5.60 Å². The summed E-state index contributed by atoms with van der Waals surface area (Å²) >= 11 is 3.39. The number of rotatable bonds is 4. The lowest BCUT2D eigenvalue weighted by Gasteiger charge is -2.29. The predicted molar refractivity (Wildman–Crippen MR) is 82.6 cm³/mol. The van der Waals surface area contributed by atoms with E-state index in [4.69, 9.17) is 10.5 Å². The number of nitrogens with one attached hydrogen (secondary N) is 1. The maximum Gasteiger partial charge on any atom is 0.407 e. The Hall–Kier alpha value is -1.14. The summed E-state index contributed by atoms with van der Waals surface area (Å²) in [4.78, 5) is 15.9. The lowest BCUT2D eigenvalue weighted by Crippen LogP contribution is -2.45. The van der Waals surface area contributed by atoms with Crippen molar-refractivity contribution in [3.05, 3.63) is 28.5 Å². The first-order valence-electron chi connectivity index (χ1n) is 6.44. The van der Waals surface area contributed by atoms with Crippen molar-refractivity contribution < 1.29 is 9.53 Å². The number of hydrogen-bond donors (Lipinski definition) is 2. The van der Waals surface area contributed by atoms with E-state index < -0.39 is 17.1 Å². The highest BCUT2D eigenvalue weighted by atomic mass is 79.9.